The molecule has 1 heterocycles. The molecule has 25 heavy (non-hydrogen) atoms. The lowest BCUT2D eigenvalue weighted by molar-refractivity contribution is -0.128. The summed E-state index contributed by atoms with van der Waals surface area (Å²) in [6, 6.07) is 5.81. The lowest BCUT2D eigenvalue weighted by Crippen LogP contribution is -2.39. The smallest absolute Gasteiger partial charge is 0.225 e. The van der Waals surface area contributed by atoms with E-state index >= 15 is 0 Å². The maximum atomic E-state index is 12.0. The number of hydrogen-bond donors (Lipinski definition) is 2. The Morgan fingerprint density at radius 2 is 1.88 bits per heavy atom. The van der Waals surface area contributed by atoms with Crippen LogP contribution >= 0.6 is 0 Å². The van der Waals surface area contributed by atoms with Crippen LogP contribution in [0.5, 0.6) is 0 Å². The fourth-order valence-electron chi connectivity index (χ4n) is 3.44. The summed E-state index contributed by atoms with van der Waals surface area (Å²) in [7, 11) is 0. The number of nitrogens with one attached hydrogen (secondary N) is 2. The molecule has 1 aromatic rings. The number of pyridine rings is 1. The summed E-state index contributed by atoms with van der Waals surface area (Å²) >= 11 is 0. The van der Waals surface area contributed by atoms with Crippen LogP contribution in [-0.4, -0.2) is 23.3 Å². The van der Waals surface area contributed by atoms with E-state index in [-0.39, 0.29) is 23.3 Å². The second-order valence-corrected chi connectivity index (χ2v) is 8.17. The van der Waals surface area contributed by atoms with Crippen molar-refractivity contribution in [2.24, 2.45) is 17.3 Å². The Bertz CT molecular complexity index is 572. The fraction of sp³-hybridized carbons (Fsp3) is 0.650. The molecule has 2 rings (SSSR count). The second kappa shape index (κ2) is 8.45. The topological polar surface area (TPSA) is 71.1 Å². The summed E-state index contributed by atoms with van der Waals surface area (Å²) < 4.78 is 0. The van der Waals surface area contributed by atoms with Gasteiger partial charge in [0.15, 0.2) is 0 Å². The zero-order valence-electron chi connectivity index (χ0n) is 15.8. The highest BCUT2D eigenvalue weighted by molar-refractivity contribution is 5.81. The molecule has 5 heteroatoms. The van der Waals surface area contributed by atoms with Crippen LogP contribution in [0.15, 0.2) is 24.4 Å². The maximum Gasteiger partial charge on any atom is 0.225 e. The molecule has 0 unspecified atom stereocenters. The average molecular weight is 345 g/mol. The molecule has 138 valence electrons. The van der Waals surface area contributed by atoms with E-state index in [4.69, 9.17) is 0 Å². The van der Waals surface area contributed by atoms with Crippen molar-refractivity contribution in [1.29, 1.82) is 0 Å². The summed E-state index contributed by atoms with van der Waals surface area (Å²) in [5.74, 6) is 1.01. The summed E-state index contributed by atoms with van der Waals surface area (Å²) in [5.41, 5.74) is 0.592. The Labute approximate surface area is 151 Å². The van der Waals surface area contributed by atoms with E-state index in [1.165, 1.54) is 0 Å². The van der Waals surface area contributed by atoms with Crippen LogP contribution in [0.1, 0.15) is 65.1 Å². The lowest BCUT2D eigenvalue weighted by atomic mass is 9.77. The minimum Gasteiger partial charge on any atom is -0.355 e. The van der Waals surface area contributed by atoms with Crippen molar-refractivity contribution >= 4 is 11.8 Å². The van der Waals surface area contributed by atoms with E-state index in [1.807, 2.05) is 39.0 Å². The zero-order valence-corrected chi connectivity index (χ0v) is 15.8. The Morgan fingerprint density at radius 1 is 1.20 bits per heavy atom. The minimum absolute atomic E-state index is 0.0183. The summed E-state index contributed by atoms with van der Waals surface area (Å²) in [6.45, 7) is 8.11. The molecule has 0 radical (unpaired) electrons. The van der Waals surface area contributed by atoms with Crippen molar-refractivity contribution in [1.82, 2.24) is 15.6 Å². The molecule has 0 spiro atoms. The van der Waals surface area contributed by atoms with Crippen LogP contribution < -0.4 is 10.6 Å². The van der Waals surface area contributed by atoms with Crippen LogP contribution in [0, 0.1) is 17.3 Å². The van der Waals surface area contributed by atoms with E-state index in [0.29, 0.717) is 11.8 Å². The van der Waals surface area contributed by atoms with Gasteiger partial charge >= 0.3 is 0 Å². The van der Waals surface area contributed by atoms with Gasteiger partial charge in [-0.3, -0.25) is 14.6 Å². The highest BCUT2D eigenvalue weighted by Gasteiger charge is 2.30. The Hall–Kier alpha value is -1.91. The van der Waals surface area contributed by atoms with Crippen LogP contribution in [0.25, 0.3) is 0 Å². The Morgan fingerprint density at radius 3 is 2.40 bits per heavy atom. The van der Waals surface area contributed by atoms with Gasteiger partial charge in [-0.1, -0.05) is 26.8 Å². The van der Waals surface area contributed by atoms with Gasteiger partial charge in [-0.05, 0) is 49.7 Å². The van der Waals surface area contributed by atoms with Crippen LogP contribution in [-0.2, 0) is 9.59 Å². The fourth-order valence-corrected chi connectivity index (χ4v) is 3.44. The predicted octanol–water partition coefficient (Wildman–Crippen LogP) is 3.23. The molecule has 1 saturated carbocycles. The van der Waals surface area contributed by atoms with Gasteiger partial charge in [-0.15, -0.1) is 0 Å². The first-order valence-corrected chi connectivity index (χ1v) is 9.23. The van der Waals surface area contributed by atoms with Gasteiger partial charge in [0.05, 0.1) is 11.7 Å². The quantitative estimate of drug-likeness (QED) is 0.861. The van der Waals surface area contributed by atoms with E-state index in [9.17, 15) is 9.59 Å². The molecule has 1 fully saturated rings. The Kier molecular flexibility index (Phi) is 6.57. The molecule has 5 nitrogen and oxygen atoms in total. The van der Waals surface area contributed by atoms with E-state index in [0.717, 1.165) is 37.9 Å². The normalized spacial score (nSPS) is 22.1. The first-order chi connectivity index (χ1) is 11.8. The number of amides is 2. The highest BCUT2D eigenvalue weighted by Crippen LogP contribution is 2.36. The highest BCUT2D eigenvalue weighted by atomic mass is 16.2. The number of rotatable bonds is 5. The largest absolute Gasteiger partial charge is 0.355 e. The predicted molar refractivity (Wildman–Crippen MR) is 98.7 cm³/mol. The molecule has 2 amide bonds. The van der Waals surface area contributed by atoms with Crippen molar-refractivity contribution < 1.29 is 9.59 Å². The number of carbonyl (C=O) groups is 2. The molecule has 1 aliphatic carbocycles. The van der Waals surface area contributed by atoms with E-state index in [2.05, 4.69) is 15.6 Å². The van der Waals surface area contributed by atoms with Crippen molar-refractivity contribution in [3.8, 4) is 0 Å². The van der Waals surface area contributed by atoms with Crippen LogP contribution in [0.3, 0.4) is 0 Å². The third-order valence-electron chi connectivity index (χ3n) is 4.96. The molecule has 0 aromatic carbocycles. The molecule has 0 aliphatic heterocycles. The number of nitrogens with zero attached hydrogens (tertiary/aromatic N) is 1. The molecular formula is C20H31N3O2. The van der Waals surface area contributed by atoms with Crippen molar-refractivity contribution in [3.05, 3.63) is 30.1 Å². The van der Waals surface area contributed by atoms with Crippen molar-refractivity contribution in [2.75, 3.05) is 6.54 Å². The van der Waals surface area contributed by atoms with Gasteiger partial charge in [0.1, 0.15) is 0 Å². The average Bonchev–Trinajstić information content (AvgIpc) is 2.58. The number of hydrogen-bond acceptors (Lipinski definition) is 3. The third kappa shape index (κ3) is 5.83. The maximum absolute atomic E-state index is 12.0. The molecule has 0 saturated heterocycles. The van der Waals surface area contributed by atoms with E-state index < -0.39 is 0 Å². The first-order valence-electron chi connectivity index (χ1n) is 9.23. The van der Waals surface area contributed by atoms with E-state index in [1.54, 1.807) is 13.1 Å². The van der Waals surface area contributed by atoms with Gasteiger partial charge in [0.2, 0.25) is 11.8 Å². The first kappa shape index (κ1) is 19.4. The lowest BCUT2D eigenvalue weighted by Gasteiger charge is -2.34. The number of carbonyl (C=O) groups excluding carboxylic acids is 2. The number of aromatic nitrogens is 1. The molecule has 1 aromatic heterocycles. The summed E-state index contributed by atoms with van der Waals surface area (Å²) in [4.78, 5) is 28.1. The summed E-state index contributed by atoms with van der Waals surface area (Å²) in [6.07, 6.45) is 5.99. The van der Waals surface area contributed by atoms with Gasteiger partial charge in [0.25, 0.3) is 0 Å². The standard InChI is InChI=1S/C20H31N3O2/c1-14(24)23-18(17-7-5-6-12-21-17)16-10-8-15(9-11-16)13-22-19(25)20(2,3)4/h5-7,12,15-16,18H,8-11,13H2,1-4H3,(H,22,25)(H,23,24)/t15?,16?,18-/m1/s1. The van der Waals surface area contributed by atoms with Gasteiger partial charge < -0.3 is 10.6 Å². The Balaban J connectivity index is 1.90. The summed E-state index contributed by atoms with van der Waals surface area (Å²) in [5, 5.41) is 6.16. The second-order valence-electron chi connectivity index (χ2n) is 8.17. The monoisotopic (exact) mass is 345 g/mol. The van der Waals surface area contributed by atoms with Crippen molar-refractivity contribution in [3.63, 3.8) is 0 Å². The molecule has 1 atom stereocenters. The van der Waals surface area contributed by atoms with Crippen molar-refractivity contribution in [2.45, 2.75) is 59.4 Å². The SMILES string of the molecule is CC(=O)N[C@@H](c1ccccn1)C1CCC(CNC(=O)C(C)(C)C)CC1. The van der Waals surface area contributed by atoms with Gasteiger partial charge in [-0.2, -0.15) is 0 Å². The van der Waals surface area contributed by atoms with Gasteiger partial charge in [-0.25, -0.2) is 0 Å². The van der Waals surface area contributed by atoms with Gasteiger partial charge in [0, 0.05) is 25.1 Å². The molecule has 0 bridgehead atoms. The molecule has 1 aliphatic rings. The zero-order chi connectivity index (χ0) is 18.4. The molecule has 2 N–H and O–H groups in total. The minimum atomic E-state index is -0.341. The van der Waals surface area contributed by atoms with Crippen LogP contribution in [0.2, 0.25) is 0 Å². The molecular weight excluding hydrogens is 314 g/mol. The third-order valence-corrected chi connectivity index (χ3v) is 4.96. The van der Waals surface area contributed by atoms with Crippen LogP contribution in [0.4, 0.5) is 0 Å².